The number of ether oxygens (including phenoxy) is 1. The largest absolute Gasteiger partial charge is 0.450 e. The van der Waals surface area contributed by atoms with Gasteiger partial charge in [-0.25, -0.2) is 4.79 Å². The second-order valence-electron chi connectivity index (χ2n) is 8.87. The summed E-state index contributed by atoms with van der Waals surface area (Å²) < 4.78 is 6.45. The number of hydrogen-bond donors (Lipinski definition) is 3. The van der Waals surface area contributed by atoms with Crippen LogP contribution in [0.15, 0.2) is 12.3 Å². The zero-order valence-corrected chi connectivity index (χ0v) is 18.3. The van der Waals surface area contributed by atoms with Gasteiger partial charge in [0.05, 0.1) is 6.61 Å². The summed E-state index contributed by atoms with van der Waals surface area (Å²) >= 11 is 0. The van der Waals surface area contributed by atoms with Gasteiger partial charge in [-0.15, -0.1) is 0 Å². The minimum absolute atomic E-state index is 0.0709. The van der Waals surface area contributed by atoms with Gasteiger partial charge in [0.25, 0.3) is 5.91 Å². The highest BCUT2D eigenvalue weighted by molar-refractivity contribution is 6.44. The Kier molecular flexibility index (Phi) is 6.66. The number of hydrogen-bond acceptors (Lipinski definition) is 6. The number of nitrogens with zero attached hydrogens (tertiary/aromatic N) is 2. The van der Waals surface area contributed by atoms with Crippen molar-refractivity contribution in [2.24, 2.45) is 12.5 Å². The summed E-state index contributed by atoms with van der Waals surface area (Å²) in [5.41, 5.74) is -1.31. The quantitative estimate of drug-likeness (QED) is 0.508. The fourth-order valence-corrected chi connectivity index (χ4v) is 4.18. The van der Waals surface area contributed by atoms with Gasteiger partial charge in [-0.1, -0.05) is 19.8 Å². The minimum Gasteiger partial charge on any atom is -0.450 e. The second-order valence-corrected chi connectivity index (χ2v) is 8.87. The van der Waals surface area contributed by atoms with E-state index in [1.807, 2.05) is 0 Å². The fourth-order valence-electron chi connectivity index (χ4n) is 4.18. The molecule has 10 nitrogen and oxygen atoms in total. The first-order valence-corrected chi connectivity index (χ1v) is 10.8. The number of aryl methyl sites for hydroxylation is 1. The molecule has 0 saturated heterocycles. The van der Waals surface area contributed by atoms with Crippen LogP contribution in [-0.4, -0.2) is 51.7 Å². The average Bonchev–Trinajstić information content (AvgIpc) is 3.17. The maximum absolute atomic E-state index is 13.1. The van der Waals surface area contributed by atoms with E-state index in [1.165, 1.54) is 4.68 Å². The summed E-state index contributed by atoms with van der Waals surface area (Å²) in [7, 11) is 1.70. The molecule has 2 aliphatic carbocycles. The third kappa shape index (κ3) is 5.62. The van der Waals surface area contributed by atoms with Gasteiger partial charge in [-0.3, -0.25) is 19.1 Å². The number of rotatable bonds is 9. The molecule has 1 aromatic heterocycles. The van der Waals surface area contributed by atoms with E-state index >= 15 is 0 Å². The van der Waals surface area contributed by atoms with Gasteiger partial charge in [0.15, 0.2) is 5.82 Å². The smallest absolute Gasteiger partial charge is 0.407 e. The van der Waals surface area contributed by atoms with Gasteiger partial charge < -0.3 is 20.7 Å². The first-order valence-electron chi connectivity index (χ1n) is 10.8. The molecule has 3 amide bonds. The van der Waals surface area contributed by atoms with Gasteiger partial charge in [-0.2, -0.15) is 5.10 Å². The topological polar surface area (TPSA) is 131 Å². The molecule has 0 aromatic carbocycles. The summed E-state index contributed by atoms with van der Waals surface area (Å²) in [5, 5.41) is 11.9. The van der Waals surface area contributed by atoms with Gasteiger partial charge in [0, 0.05) is 19.3 Å². The van der Waals surface area contributed by atoms with Crippen LogP contribution in [0.25, 0.3) is 0 Å². The van der Waals surface area contributed by atoms with E-state index in [2.05, 4.69) is 28.0 Å². The molecule has 170 valence electrons. The summed E-state index contributed by atoms with van der Waals surface area (Å²) in [6.45, 7) is 3.98. The molecule has 1 atom stereocenters. The Balaban J connectivity index is 1.66. The average molecular weight is 434 g/mol. The molecule has 3 rings (SSSR count). The maximum atomic E-state index is 13.1. The number of carbonyl (C=O) groups excluding carboxylic acids is 4. The van der Waals surface area contributed by atoms with Crippen LogP contribution in [0.2, 0.25) is 0 Å². The molecule has 0 bridgehead atoms. The molecular formula is C21H31N5O5. The van der Waals surface area contributed by atoms with E-state index in [4.69, 9.17) is 4.74 Å². The Morgan fingerprint density at radius 3 is 2.42 bits per heavy atom. The van der Waals surface area contributed by atoms with Crippen LogP contribution >= 0.6 is 0 Å². The van der Waals surface area contributed by atoms with Crippen LogP contribution < -0.4 is 16.0 Å². The van der Waals surface area contributed by atoms with Crippen molar-refractivity contribution >= 4 is 29.5 Å². The predicted octanol–water partition coefficient (Wildman–Crippen LogP) is 1.66. The monoisotopic (exact) mass is 433 g/mol. The number of amides is 3. The highest BCUT2D eigenvalue weighted by Crippen LogP contribution is 2.42. The van der Waals surface area contributed by atoms with Gasteiger partial charge in [0.1, 0.15) is 11.6 Å². The Morgan fingerprint density at radius 2 is 1.87 bits per heavy atom. The molecule has 1 heterocycles. The van der Waals surface area contributed by atoms with Crippen LogP contribution in [0.3, 0.4) is 0 Å². The lowest BCUT2D eigenvalue weighted by Gasteiger charge is -2.30. The highest BCUT2D eigenvalue weighted by Gasteiger charge is 2.54. The third-order valence-corrected chi connectivity index (χ3v) is 6.10. The van der Waals surface area contributed by atoms with Crippen LogP contribution in [0.1, 0.15) is 58.8 Å². The van der Waals surface area contributed by atoms with E-state index in [0.29, 0.717) is 19.3 Å². The van der Waals surface area contributed by atoms with Crippen molar-refractivity contribution in [1.82, 2.24) is 20.4 Å². The highest BCUT2D eigenvalue weighted by atomic mass is 16.5. The van der Waals surface area contributed by atoms with Crippen molar-refractivity contribution in [3.8, 4) is 0 Å². The SMILES string of the molecule is CCOC(=O)NC(CC1(C)CCCC1)C(=O)NC1(C(=O)C(=O)Nc2ccn(C)n2)CC1. The standard InChI is InChI=1S/C21H31N5O5/c1-4-31-19(30)22-14(13-20(2)8-5-6-9-20)17(28)24-21(10-11-21)16(27)18(29)23-15-7-12-26(3)25-15/h7,12,14H,4-6,8-11,13H2,1-3H3,(H,22,30)(H,24,28)(H,23,25,29). The maximum Gasteiger partial charge on any atom is 0.407 e. The molecule has 1 unspecified atom stereocenters. The zero-order chi connectivity index (χ0) is 22.6. The van der Waals surface area contributed by atoms with Crippen LogP contribution in [-0.2, 0) is 26.2 Å². The molecule has 0 aliphatic heterocycles. The van der Waals surface area contributed by atoms with Crippen molar-refractivity contribution in [2.45, 2.75) is 70.4 Å². The number of anilines is 1. The summed E-state index contributed by atoms with van der Waals surface area (Å²) in [4.78, 5) is 50.2. The number of aromatic nitrogens is 2. The first kappa shape index (κ1) is 22.8. The van der Waals surface area contributed by atoms with Gasteiger partial charge in [0.2, 0.25) is 11.7 Å². The second kappa shape index (κ2) is 9.07. The lowest BCUT2D eigenvalue weighted by Crippen LogP contribution is -2.55. The number of nitrogens with one attached hydrogen (secondary N) is 3. The molecule has 10 heteroatoms. The van der Waals surface area contributed by atoms with E-state index < -0.39 is 35.3 Å². The fraction of sp³-hybridized carbons (Fsp3) is 0.667. The molecule has 0 spiro atoms. The molecule has 0 radical (unpaired) electrons. The Morgan fingerprint density at radius 1 is 1.19 bits per heavy atom. The summed E-state index contributed by atoms with van der Waals surface area (Å²) in [6, 6.07) is 0.733. The minimum atomic E-state index is -1.24. The van der Waals surface area contributed by atoms with E-state index in [1.54, 1.807) is 26.2 Å². The molecule has 3 N–H and O–H groups in total. The number of carbonyl (C=O) groups is 4. The van der Waals surface area contributed by atoms with Gasteiger partial charge in [-0.05, 0) is 44.4 Å². The van der Waals surface area contributed by atoms with E-state index in [0.717, 1.165) is 25.7 Å². The molecule has 2 fully saturated rings. The van der Waals surface area contributed by atoms with Crippen LogP contribution in [0, 0.1) is 5.41 Å². The van der Waals surface area contributed by atoms with Crippen molar-refractivity contribution in [3.05, 3.63) is 12.3 Å². The molecular weight excluding hydrogens is 402 g/mol. The summed E-state index contributed by atoms with van der Waals surface area (Å²) in [5.74, 6) is -1.75. The van der Waals surface area contributed by atoms with Crippen molar-refractivity contribution in [1.29, 1.82) is 0 Å². The lowest BCUT2D eigenvalue weighted by molar-refractivity contribution is -0.138. The van der Waals surface area contributed by atoms with E-state index in [9.17, 15) is 19.2 Å². The van der Waals surface area contributed by atoms with E-state index in [-0.39, 0.29) is 17.8 Å². The predicted molar refractivity (Wildman–Crippen MR) is 112 cm³/mol. The van der Waals surface area contributed by atoms with Gasteiger partial charge >= 0.3 is 6.09 Å². The Labute approximate surface area is 181 Å². The third-order valence-electron chi connectivity index (χ3n) is 6.10. The molecule has 31 heavy (non-hydrogen) atoms. The lowest BCUT2D eigenvalue weighted by atomic mass is 9.81. The van der Waals surface area contributed by atoms with Crippen LogP contribution in [0.4, 0.5) is 10.6 Å². The Bertz CT molecular complexity index is 854. The van der Waals surface area contributed by atoms with Crippen molar-refractivity contribution < 1.29 is 23.9 Å². The number of alkyl carbamates (subject to hydrolysis) is 1. The number of Topliss-reactive ketones (excluding diaryl/α,β-unsaturated/α-hetero) is 1. The first-order chi connectivity index (χ1) is 14.7. The zero-order valence-electron chi connectivity index (χ0n) is 18.3. The van der Waals surface area contributed by atoms with Crippen molar-refractivity contribution in [3.63, 3.8) is 0 Å². The summed E-state index contributed by atoms with van der Waals surface area (Å²) in [6.07, 6.45) is 6.27. The normalized spacial score (nSPS) is 19.2. The Hall–Kier alpha value is -2.91. The number of ketones is 1. The van der Waals surface area contributed by atoms with Crippen molar-refractivity contribution in [2.75, 3.05) is 11.9 Å². The van der Waals surface area contributed by atoms with Crippen LogP contribution in [0.5, 0.6) is 0 Å². The molecule has 1 aromatic rings. The molecule has 2 aliphatic rings. The molecule has 2 saturated carbocycles.